The minimum absolute atomic E-state index is 0.319. The van der Waals surface area contributed by atoms with Crippen LogP contribution in [0.1, 0.15) is 30.0 Å². The average molecular weight is 363 g/mol. The number of nitrogens with zero attached hydrogens (tertiary/aromatic N) is 1. The summed E-state index contributed by atoms with van der Waals surface area (Å²) in [6, 6.07) is 14.3. The third-order valence-electron chi connectivity index (χ3n) is 5.31. The fraction of sp³-hybridized carbons (Fsp3) is 0.286. The van der Waals surface area contributed by atoms with Crippen LogP contribution < -0.4 is 10.6 Å². The highest BCUT2D eigenvalue weighted by Gasteiger charge is 2.49. The highest BCUT2D eigenvalue weighted by Crippen LogP contribution is 2.32. The molecule has 0 bridgehead atoms. The van der Waals surface area contributed by atoms with E-state index in [2.05, 4.69) is 10.6 Å². The number of amides is 4. The van der Waals surface area contributed by atoms with E-state index in [4.69, 9.17) is 0 Å². The third-order valence-corrected chi connectivity index (χ3v) is 5.31. The second-order valence-electron chi connectivity index (χ2n) is 7.20. The van der Waals surface area contributed by atoms with Crippen molar-refractivity contribution in [1.82, 2.24) is 10.2 Å². The van der Waals surface area contributed by atoms with E-state index >= 15 is 0 Å². The van der Waals surface area contributed by atoms with Gasteiger partial charge in [0.25, 0.3) is 5.91 Å². The van der Waals surface area contributed by atoms with Crippen LogP contribution >= 0.6 is 0 Å². The Balaban J connectivity index is 1.52. The summed E-state index contributed by atoms with van der Waals surface area (Å²) in [6.07, 6.45) is 3.16. The number of benzene rings is 2. The maximum Gasteiger partial charge on any atom is 0.325 e. The van der Waals surface area contributed by atoms with Gasteiger partial charge in [-0.1, -0.05) is 36.4 Å². The van der Waals surface area contributed by atoms with Gasteiger partial charge in [-0.25, -0.2) is 4.79 Å². The van der Waals surface area contributed by atoms with Crippen LogP contribution in [0.3, 0.4) is 0 Å². The molecule has 4 rings (SSSR count). The first-order valence-corrected chi connectivity index (χ1v) is 9.09. The molecule has 6 heteroatoms. The number of aryl methyl sites for hydroxylation is 2. The molecule has 2 aromatic rings. The van der Waals surface area contributed by atoms with Crippen LogP contribution in [0.15, 0.2) is 48.5 Å². The molecular weight excluding hydrogens is 342 g/mol. The van der Waals surface area contributed by atoms with E-state index in [0.29, 0.717) is 5.69 Å². The van der Waals surface area contributed by atoms with Crippen molar-refractivity contribution in [3.05, 3.63) is 65.2 Å². The molecule has 138 valence electrons. The number of hydrogen-bond donors (Lipinski definition) is 2. The van der Waals surface area contributed by atoms with Crippen LogP contribution in [-0.4, -0.2) is 29.3 Å². The van der Waals surface area contributed by atoms with Gasteiger partial charge in [0.05, 0.1) is 0 Å². The second kappa shape index (κ2) is 6.54. The SMILES string of the molecule is CC1(c2ccc3c(c2)CCC3)NC(=O)N(CC(=O)Nc2ccccc2)C1=O. The molecule has 2 N–H and O–H groups in total. The first-order chi connectivity index (χ1) is 13.0. The van der Waals surface area contributed by atoms with Gasteiger partial charge in [-0.2, -0.15) is 0 Å². The molecule has 1 atom stereocenters. The zero-order valence-electron chi connectivity index (χ0n) is 15.1. The molecule has 1 fully saturated rings. The molecule has 1 unspecified atom stereocenters. The van der Waals surface area contributed by atoms with Gasteiger partial charge in [0.1, 0.15) is 12.1 Å². The van der Waals surface area contributed by atoms with E-state index in [0.717, 1.165) is 29.7 Å². The Kier molecular flexibility index (Phi) is 4.18. The monoisotopic (exact) mass is 363 g/mol. The predicted molar refractivity (Wildman–Crippen MR) is 101 cm³/mol. The van der Waals surface area contributed by atoms with Crippen molar-refractivity contribution >= 4 is 23.5 Å². The van der Waals surface area contributed by atoms with Crippen LogP contribution in [0.4, 0.5) is 10.5 Å². The van der Waals surface area contributed by atoms with Gasteiger partial charge in [0.2, 0.25) is 5.91 Å². The summed E-state index contributed by atoms with van der Waals surface area (Å²) in [7, 11) is 0. The lowest BCUT2D eigenvalue weighted by Gasteiger charge is -2.23. The Hall–Kier alpha value is -3.15. The molecule has 1 saturated heterocycles. The Bertz CT molecular complexity index is 926. The van der Waals surface area contributed by atoms with Crippen molar-refractivity contribution in [3.8, 4) is 0 Å². The molecule has 0 radical (unpaired) electrons. The first-order valence-electron chi connectivity index (χ1n) is 9.09. The third kappa shape index (κ3) is 3.07. The van der Waals surface area contributed by atoms with E-state index in [1.807, 2.05) is 24.3 Å². The van der Waals surface area contributed by atoms with Crippen molar-refractivity contribution in [3.63, 3.8) is 0 Å². The topological polar surface area (TPSA) is 78.5 Å². The van der Waals surface area contributed by atoms with Crippen molar-refractivity contribution in [2.45, 2.75) is 31.7 Å². The van der Waals surface area contributed by atoms with Crippen molar-refractivity contribution < 1.29 is 14.4 Å². The van der Waals surface area contributed by atoms with Crippen LogP contribution in [0, 0.1) is 0 Å². The van der Waals surface area contributed by atoms with E-state index in [9.17, 15) is 14.4 Å². The molecular formula is C21H21N3O3. The summed E-state index contributed by atoms with van der Waals surface area (Å²) in [5, 5.41) is 5.46. The molecule has 1 aliphatic heterocycles. The summed E-state index contributed by atoms with van der Waals surface area (Å²) in [6.45, 7) is 1.37. The van der Waals surface area contributed by atoms with E-state index < -0.39 is 23.4 Å². The first kappa shape index (κ1) is 17.3. The smallest absolute Gasteiger partial charge is 0.325 e. The Morgan fingerprint density at radius 1 is 1.11 bits per heavy atom. The number of carbonyl (C=O) groups is 3. The quantitative estimate of drug-likeness (QED) is 0.820. The maximum atomic E-state index is 13.0. The number of para-hydroxylation sites is 1. The predicted octanol–water partition coefficient (Wildman–Crippen LogP) is 2.58. The average Bonchev–Trinajstić information content (AvgIpc) is 3.21. The van der Waals surface area contributed by atoms with Crippen LogP contribution in [0.5, 0.6) is 0 Å². The van der Waals surface area contributed by atoms with Crippen LogP contribution in [0.25, 0.3) is 0 Å². The molecule has 0 saturated carbocycles. The van der Waals surface area contributed by atoms with Gasteiger partial charge in [0, 0.05) is 5.69 Å². The van der Waals surface area contributed by atoms with Crippen molar-refractivity contribution in [2.75, 3.05) is 11.9 Å². The van der Waals surface area contributed by atoms with Gasteiger partial charge < -0.3 is 10.6 Å². The number of imide groups is 1. The van der Waals surface area contributed by atoms with Crippen LogP contribution in [-0.2, 0) is 28.0 Å². The molecule has 4 amide bonds. The minimum atomic E-state index is -1.15. The van der Waals surface area contributed by atoms with Gasteiger partial charge in [-0.05, 0) is 55.0 Å². The molecule has 1 aliphatic carbocycles. The fourth-order valence-corrected chi connectivity index (χ4v) is 3.78. The number of urea groups is 1. The van der Waals surface area contributed by atoms with Gasteiger partial charge >= 0.3 is 6.03 Å². The summed E-state index contributed by atoms with van der Waals surface area (Å²) in [4.78, 5) is 38.7. The summed E-state index contributed by atoms with van der Waals surface area (Å²) < 4.78 is 0. The van der Waals surface area contributed by atoms with E-state index in [1.54, 1.807) is 31.2 Å². The maximum absolute atomic E-state index is 13.0. The lowest BCUT2D eigenvalue weighted by atomic mass is 9.89. The van der Waals surface area contributed by atoms with Crippen molar-refractivity contribution in [2.24, 2.45) is 0 Å². The molecule has 0 spiro atoms. The standard InChI is InChI=1S/C21H21N3O3/c1-21(16-11-10-14-6-5-7-15(14)12-16)19(26)24(20(27)23-21)13-18(25)22-17-8-3-2-4-9-17/h2-4,8-12H,5-7,13H2,1H3,(H,22,25)(H,23,27). The lowest BCUT2D eigenvalue weighted by Crippen LogP contribution is -2.42. The van der Waals surface area contributed by atoms with Gasteiger partial charge in [0.15, 0.2) is 0 Å². The Morgan fingerprint density at radius 3 is 2.63 bits per heavy atom. The number of nitrogens with one attached hydrogen (secondary N) is 2. The largest absolute Gasteiger partial charge is 0.325 e. The molecule has 6 nitrogen and oxygen atoms in total. The minimum Gasteiger partial charge on any atom is -0.325 e. The lowest BCUT2D eigenvalue weighted by molar-refractivity contribution is -0.133. The zero-order chi connectivity index (χ0) is 19.0. The molecule has 2 aliphatic rings. The normalized spacial score (nSPS) is 21.1. The fourth-order valence-electron chi connectivity index (χ4n) is 3.78. The highest BCUT2D eigenvalue weighted by atomic mass is 16.2. The number of carbonyl (C=O) groups excluding carboxylic acids is 3. The zero-order valence-corrected chi connectivity index (χ0v) is 15.1. The van der Waals surface area contributed by atoms with E-state index in [1.165, 1.54) is 11.1 Å². The number of fused-ring (bicyclic) bond motifs is 1. The summed E-state index contributed by atoms with van der Waals surface area (Å²) >= 11 is 0. The Labute approximate surface area is 157 Å². The highest BCUT2D eigenvalue weighted by molar-refractivity contribution is 6.10. The van der Waals surface area contributed by atoms with E-state index in [-0.39, 0.29) is 6.54 Å². The molecule has 1 heterocycles. The van der Waals surface area contributed by atoms with Gasteiger partial charge in [-0.15, -0.1) is 0 Å². The molecule has 2 aromatic carbocycles. The molecule has 0 aromatic heterocycles. The number of rotatable bonds is 4. The number of anilines is 1. The molecule has 27 heavy (non-hydrogen) atoms. The summed E-state index contributed by atoms with van der Waals surface area (Å²) in [5.41, 5.74) is 2.76. The van der Waals surface area contributed by atoms with Gasteiger partial charge in [-0.3, -0.25) is 14.5 Å². The van der Waals surface area contributed by atoms with Crippen LogP contribution in [0.2, 0.25) is 0 Å². The second-order valence-corrected chi connectivity index (χ2v) is 7.20. The summed E-state index contributed by atoms with van der Waals surface area (Å²) in [5.74, 6) is -0.823. The van der Waals surface area contributed by atoms with Crippen molar-refractivity contribution in [1.29, 1.82) is 0 Å². The Morgan fingerprint density at radius 2 is 1.85 bits per heavy atom. The number of hydrogen-bond acceptors (Lipinski definition) is 3.